The number of halogens is 1. The van der Waals surface area contributed by atoms with Crippen LogP contribution >= 0.6 is 23.4 Å². The second kappa shape index (κ2) is 11.5. The molecule has 0 unspecified atom stereocenters. The number of hydrazone groups is 1. The average molecular weight is 542 g/mol. The fourth-order valence-electron chi connectivity index (χ4n) is 3.47. The largest absolute Gasteiger partial charge is 0.490 e. The smallest absolute Gasteiger partial charge is 0.283 e. The van der Waals surface area contributed by atoms with Crippen LogP contribution in [0.4, 0.5) is 5.69 Å². The van der Waals surface area contributed by atoms with Crippen LogP contribution in [0.5, 0.6) is 17.2 Å². The summed E-state index contributed by atoms with van der Waals surface area (Å²) in [6.07, 6.45) is 1.53. The third-order valence-corrected chi connectivity index (χ3v) is 6.08. The normalized spacial score (nSPS) is 15.8. The van der Waals surface area contributed by atoms with Gasteiger partial charge >= 0.3 is 0 Å². The molecular weight excluding hydrogens is 518 g/mol. The van der Waals surface area contributed by atoms with Crippen LogP contribution in [0.3, 0.4) is 0 Å². The minimum absolute atomic E-state index is 0.0592. The molecule has 0 aliphatic carbocycles. The number of amides is 2. The van der Waals surface area contributed by atoms with Crippen molar-refractivity contribution in [1.82, 2.24) is 5.01 Å². The number of aliphatic imine (C=N–C) groups is 1. The highest BCUT2D eigenvalue weighted by molar-refractivity contribution is 8.26. The number of fused-ring (bicyclic) bond motifs is 1. The second-order valence-corrected chi connectivity index (χ2v) is 9.37. The molecular formula is C25H24ClN5O5S. The van der Waals surface area contributed by atoms with Gasteiger partial charge in [-0.15, -0.1) is 0 Å². The summed E-state index contributed by atoms with van der Waals surface area (Å²) in [6.45, 7) is 5.86. The number of hydrogen-bond donors (Lipinski definition) is 2. The lowest BCUT2D eigenvalue weighted by molar-refractivity contribution is -0.115. The Morgan fingerprint density at radius 2 is 1.92 bits per heavy atom. The molecule has 10 nitrogen and oxygen atoms in total. The summed E-state index contributed by atoms with van der Waals surface area (Å²) in [7, 11) is 0. The Morgan fingerprint density at radius 3 is 2.62 bits per heavy atom. The molecule has 2 N–H and O–H groups in total. The zero-order valence-electron chi connectivity index (χ0n) is 20.3. The molecule has 2 aliphatic rings. The van der Waals surface area contributed by atoms with E-state index in [0.717, 1.165) is 0 Å². The molecule has 37 heavy (non-hydrogen) atoms. The molecule has 192 valence electrons. The van der Waals surface area contributed by atoms with Crippen molar-refractivity contribution in [2.75, 3.05) is 25.1 Å². The van der Waals surface area contributed by atoms with E-state index in [9.17, 15) is 9.59 Å². The lowest BCUT2D eigenvalue weighted by Crippen LogP contribution is -2.35. The van der Waals surface area contributed by atoms with Crippen molar-refractivity contribution >= 4 is 63.0 Å². The summed E-state index contributed by atoms with van der Waals surface area (Å²) in [6, 6.07) is 10.3. The zero-order chi connectivity index (χ0) is 26.5. The monoisotopic (exact) mass is 541 g/mol. The van der Waals surface area contributed by atoms with Crippen LogP contribution in [0, 0.1) is 5.41 Å². The van der Waals surface area contributed by atoms with Gasteiger partial charge in [-0.1, -0.05) is 11.6 Å². The van der Waals surface area contributed by atoms with Crippen LogP contribution in [-0.4, -0.2) is 52.7 Å². The Hall–Kier alpha value is -3.83. The van der Waals surface area contributed by atoms with Gasteiger partial charge in [0.1, 0.15) is 19.0 Å². The number of carbonyl (C=O) groups excluding carboxylic acids is 2. The number of thioether (sulfide) groups is 1. The van der Waals surface area contributed by atoms with Crippen LogP contribution in [0.1, 0.15) is 26.3 Å². The predicted molar refractivity (Wildman–Crippen MR) is 145 cm³/mol. The standard InChI is InChI=1S/C25H24ClN5O5S/c1-4-34-21-13-16(11-19-23(27)31-25(29-24(19)33)37-15(3)30-31)12-20(26)22(21)36-10-9-35-18-7-5-17(6-8-18)28-14(2)32/h5-8,11-13,27H,4,9-10H2,1-3H3,(H,28,32)/b19-11-,27-23?. The number of hydrogen-bond acceptors (Lipinski definition) is 8. The fraction of sp³-hybridized carbons (Fsp3) is 0.240. The van der Waals surface area contributed by atoms with Crippen LogP contribution in [-0.2, 0) is 9.59 Å². The summed E-state index contributed by atoms with van der Waals surface area (Å²) in [5.41, 5.74) is 1.32. The Balaban J connectivity index is 1.45. The van der Waals surface area contributed by atoms with Gasteiger partial charge in [0, 0.05) is 12.6 Å². The Kier molecular flexibility index (Phi) is 8.14. The van der Waals surface area contributed by atoms with Crippen molar-refractivity contribution in [3.63, 3.8) is 0 Å². The first kappa shape index (κ1) is 26.2. The highest BCUT2D eigenvalue weighted by atomic mass is 35.5. The van der Waals surface area contributed by atoms with E-state index in [1.807, 2.05) is 6.92 Å². The number of ether oxygens (including phenoxy) is 3. The summed E-state index contributed by atoms with van der Waals surface area (Å²) in [4.78, 5) is 27.7. The first-order valence-corrected chi connectivity index (χ1v) is 12.5. The third-order valence-electron chi connectivity index (χ3n) is 4.97. The van der Waals surface area contributed by atoms with Gasteiger partial charge in [0.05, 0.1) is 22.2 Å². The highest BCUT2D eigenvalue weighted by Crippen LogP contribution is 2.38. The Morgan fingerprint density at radius 1 is 1.19 bits per heavy atom. The second-order valence-electron chi connectivity index (χ2n) is 7.80. The van der Waals surface area contributed by atoms with Crippen molar-refractivity contribution in [2.45, 2.75) is 20.8 Å². The lowest BCUT2D eigenvalue weighted by Gasteiger charge is -2.20. The summed E-state index contributed by atoms with van der Waals surface area (Å²) < 4.78 is 17.3. The van der Waals surface area contributed by atoms with Crippen LogP contribution in [0.2, 0.25) is 5.02 Å². The first-order valence-electron chi connectivity index (χ1n) is 11.3. The number of anilines is 1. The van der Waals surface area contributed by atoms with E-state index in [1.165, 1.54) is 29.8 Å². The van der Waals surface area contributed by atoms with Crippen molar-refractivity contribution in [3.8, 4) is 17.2 Å². The van der Waals surface area contributed by atoms with Gasteiger partial charge < -0.3 is 19.5 Å². The number of benzene rings is 2. The summed E-state index contributed by atoms with van der Waals surface area (Å²) in [5.74, 6) is 0.633. The lowest BCUT2D eigenvalue weighted by atomic mass is 10.1. The molecule has 0 spiro atoms. The Labute approximate surface area is 222 Å². The quantitative estimate of drug-likeness (QED) is 0.345. The maximum Gasteiger partial charge on any atom is 0.283 e. The number of rotatable bonds is 9. The van der Waals surface area contributed by atoms with Crippen molar-refractivity contribution < 1.29 is 23.8 Å². The number of nitrogens with one attached hydrogen (secondary N) is 2. The van der Waals surface area contributed by atoms with E-state index in [1.54, 1.807) is 43.3 Å². The van der Waals surface area contributed by atoms with Crippen LogP contribution in [0.25, 0.3) is 6.08 Å². The molecule has 2 heterocycles. The van der Waals surface area contributed by atoms with Gasteiger partial charge in [-0.3, -0.25) is 15.0 Å². The number of carbonyl (C=O) groups is 2. The summed E-state index contributed by atoms with van der Waals surface area (Å²) in [5, 5.41) is 18.0. The zero-order valence-corrected chi connectivity index (χ0v) is 21.9. The molecule has 0 aromatic heterocycles. The first-order chi connectivity index (χ1) is 17.7. The van der Waals surface area contributed by atoms with Crippen molar-refractivity contribution in [2.24, 2.45) is 10.1 Å². The molecule has 0 saturated heterocycles. The van der Waals surface area contributed by atoms with Crippen LogP contribution < -0.4 is 19.5 Å². The molecule has 0 fully saturated rings. The molecule has 0 saturated carbocycles. The molecule has 2 amide bonds. The summed E-state index contributed by atoms with van der Waals surface area (Å²) >= 11 is 7.76. The van der Waals surface area contributed by atoms with Crippen LogP contribution in [0.15, 0.2) is 52.1 Å². The van der Waals surface area contributed by atoms with Gasteiger partial charge in [0.15, 0.2) is 17.3 Å². The molecule has 0 radical (unpaired) electrons. The van der Waals surface area contributed by atoms with E-state index in [4.69, 9.17) is 31.2 Å². The molecule has 2 aliphatic heterocycles. The molecule has 2 aromatic rings. The van der Waals surface area contributed by atoms with Gasteiger partial charge in [0.2, 0.25) is 11.1 Å². The van der Waals surface area contributed by atoms with Crippen molar-refractivity contribution in [1.29, 1.82) is 5.41 Å². The fourth-order valence-corrected chi connectivity index (χ4v) is 4.48. The molecule has 0 atom stereocenters. The topological polar surface area (TPSA) is 126 Å². The van der Waals surface area contributed by atoms with E-state index >= 15 is 0 Å². The average Bonchev–Trinajstić information content (AvgIpc) is 3.21. The van der Waals surface area contributed by atoms with E-state index in [0.29, 0.717) is 45.3 Å². The van der Waals surface area contributed by atoms with Gasteiger partial charge in [-0.25, -0.2) is 0 Å². The molecule has 12 heteroatoms. The van der Waals surface area contributed by atoms with E-state index < -0.39 is 5.91 Å². The maximum absolute atomic E-state index is 12.6. The molecule has 0 bridgehead atoms. The minimum atomic E-state index is -0.523. The third kappa shape index (κ3) is 6.30. The maximum atomic E-state index is 12.6. The predicted octanol–water partition coefficient (Wildman–Crippen LogP) is 4.79. The van der Waals surface area contributed by atoms with Gasteiger partial charge in [-0.2, -0.15) is 15.1 Å². The number of amidine groups is 2. The highest BCUT2D eigenvalue weighted by Gasteiger charge is 2.34. The SMILES string of the molecule is CCOc1cc(/C=C2/C(=N)N3N=C(C)SC3=NC2=O)cc(Cl)c1OCCOc1ccc(NC(C)=O)cc1. The Bertz CT molecular complexity index is 1340. The van der Waals surface area contributed by atoms with E-state index in [2.05, 4.69) is 15.4 Å². The van der Waals surface area contributed by atoms with Crippen molar-refractivity contribution in [3.05, 3.63) is 52.6 Å². The van der Waals surface area contributed by atoms with Gasteiger partial charge in [0.25, 0.3) is 5.91 Å². The molecule has 4 rings (SSSR count). The van der Waals surface area contributed by atoms with Gasteiger partial charge in [-0.05, 0) is 73.6 Å². The number of nitrogens with zero attached hydrogens (tertiary/aromatic N) is 3. The minimum Gasteiger partial charge on any atom is -0.490 e. The van der Waals surface area contributed by atoms with E-state index in [-0.39, 0.29) is 35.6 Å². The molecule has 2 aromatic carbocycles.